The maximum absolute atomic E-state index is 13.8. The van der Waals surface area contributed by atoms with E-state index in [2.05, 4.69) is 5.10 Å². The number of β-lactam (4-membered cyclic amide) rings is 1. The first-order chi connectivity index (χ1) is 20.3. The van der Waals surface area contributed by atoms with Crippen LogP contribution in [0.2, 0.25) is 0 Å². The third-order valence-corrected chi connectivity index (χ3v) is 12.6. The lowest BCUT2D eigenvalue weighted by Gasteiger charge is -2.55. The van der Waals surface area contributed by atoms with Gasteiger partial charge < -0.3 is 47.0 Å². The molecule has 0 aromatic heterocycles. The maximum atomic E-state index is 13.8. The quantitative estimate of drug-likeness (QED) is 0.192. The highest BCUT2D eigenvalue weighted by Gasteiger charge is 2.59. The first-order valence-corrected chi connectivity index (χ1v) is 16.8. The number of nitrogens with two attached hydrogens (primary N) is 1. The highest BCUT2D eigenvalue weighted by atomic mass is 35.5. The Morgan fingerprint density at radius 3 is 2.34 bits per heavy atom. The summed E-state index contributed by atoms with van der Waals surface area (Å²) in [6.07, 6.45) is 0.970. The minimum absolute atomic E-state index is 0. The van der Waals surface area contributed by atoms with Gasteiger partial charge in [0.15, 0.2) is 0 Å². The summed E-state index contributed by atoms with van der Waals surface area (Å²) in [5, 5.41) is 26.6. The Morgan fingerprint density at radius 1 is 1.16 bits per heavy atom. The van der Waals surface area contributed by atoms with Gasteiger partial charge in [-0.15, -0.1) is 0 Å². The van der Waals surface area contributed by atoms with E-state index in [0.29, 0.717) is 11.3 Å². The van der Waals surface area contributed by atoms with E-state index in [1.54, 1.807) is 19.9 Å². The van der Waals surface area contributed by atoms with Gasteiger partial charge in [0, 0.05) is 24.3 Å². The molecule has 12 nitrogen and oxygen atoms in total. The van der Waals surface area contributed by atoms with Crippen LogP contribution >= 0.6 is 0 Å². The smallest absolute Gasteiger partial charge is 0.279 e. The molecule has 0 saturated carbocycles. The highest BCUT2D eigenvalue weighted by Crippen LogP contribution is 2.47. The Labute approximate surface area is 265 Å². The van der Waals surface area contributed by atoms with Gasteiger partial charge in [0.05, 0.1) is 60.0 Å². The fourth-order valence-corrected chi connectivity index (χ4v) is 9.64. The summed E-state index contributed by atoms with van der Waals surface area (Å²) in [4.78, 5) is 26.1. The number of nitrogens with zero attached hydrogens (tertiary/aromatic N) is 5. The third kappa shape index (κ3) is 5.15. The van der Waals surface area contributed by atoms with Crippen molar-refractivity contribution in [2.75, 3.05) is 65.4 Å². The largest absolute Gasteiger partial charge is 1.00 e. The predicted octanol–water partition coefficient (Wildman–Crippen LogP) is -4.17. The Hall–Kier alpha value is -2.55. The van der Waals surface area contributed by atoms with Crippen LogP contribution in [-0.2, 0) is 26.0 Å². The minimum atomic E-state index is -4.08. The second kappa shape index (κ2) is 11.7. The Morgan fingerprint density at radius 2 is 1.77 bits per heavy atom. The number of fused-ring (bicyclic) bond motifs is 5. The molecule has 1 aromatic carbocycles. The number of benzene rings is 1. The molecule has 6 heterocycles. The molecule has 0 unspecified atom stereocenters. The average Bonchev–Trinajstić information content (AvgIpc) is 3.22. The van der Waals surface area contributed by atoms with Crippen molar-refractivity contribution in [3.63, 3.8) is 0 Å². The first-order valence-electron chi connectivity index (χ1n) is 15.4. The van der Waals surface area contributed by atoms with E-state index in [1.807, 2.05) is 12.1 Å². The van der Waals surface area contributed by atoms with Gasteiger partial charge >= 0.3 is 0 Å². The SMILES string of the molecule is CC1=NN(CC2=C(C(=O)[O-])N3C(=O)[C@H]([C@@H](C)O)[C@H]3[C@H]2C)S(=O)(=O)c2ccc(CC[N+]34CC[N+](CCCN)(CC3)CC4)cc21.[Cl-]. The molecule has 0 spiro atoms. The summed E-state index contributed by atoms with van der Waals surface area (Å²) < 4.78 is 30.8. The predicted molar refractivity (Wildman–Crippen MR) is 156 cm³/mol. The van der Waals surface area contributed by atoms with Crippen LogP contribution in [0.15, 0.2) is 39.5 Å². The number of sulfonamides is 1. The number of carboxylic acid groups (broad SMARTS) is 1. The standard InChI is InChI=1S/C30H43N6O6S.ClH/c1-19-24(28(30(39)40)34-27(19)26(21(3)37)29(34)38)18-33-32-20(2)23-17-22(5-6-25(23)43(33,41)42)7-10-36-14-11-35(12-15-36,13-16-36)9-4-8-31;/h5-6,17,19,21,26-27,37H,4,7-16,18,31H2,1-3H3;1H/q+1;/p-1/t19-,21+,26+,27+,35?,36?;/m0./s1. The lowest BCUT2D eigenvalue weighted by molar-refractivity contribution is -1.08. The van der Waals surface area contributed by atoms with Crippen LogP contribution in [0.4, 0.5) is 0 Å². The lowest BCUT2D eigenvalue weighted by Crippen LogP contribution is -3.00. The summed E-state index contributed by atoms with van der Waals surface area (Å²) in [5.74, 6) is -3.27. The van der Waals surface area contributed by atoms with Gasteiger partial charge in [0.1, 0.15) is 39.3 Å². The van der Waals surface area contributed by atoms with Crippen molar-refractivity contribution in [1.29, 1.82) is 0 Å². The highest BCUT2D eigenvalue weighted by molar-refractivity contribution is 7.89. The Bertz CT molecular complexity index is 1500. The molecule has 14 heteroatoms. The number of aliphatic hydroxyl groups excluding tert-OH is 1. The molecule has 2 bridgehead atoms. The van der Waals surface area contributed by atoms with Gasteiger partial charge in [0.2, 0.25) is 5.91 Å². The van der Waals surface area contributed by atoms with E-state index in [9.17, 15) is 28.2 Å². The molecule has 242 valence electrons. The molecule has 6 aliphatic heterocycles. The fraction of sp³-hybridized carbons (Fsp3) is 0.633. The van der Waals surface area contributed by atoms with Gasteiger partial charge in [-0.2, -0.15) is 17.9 Å². The normalized spacial score (nSPS) is 32.4. The summed E-state index contributed by atoms with van der Waals surface area (Å²) in [7, 11) is -4.08. The molecule has 0 aliphatic carbocycles. The number of aliphatic hydroxyl groups is 1. The number of hydrogen-bond donors (Lipinski definition) is 2. The molecule has 7 rings (SSSR count). The fourth-order valence-electron chi connectivity index (χ4n) is 8.14. The van der Waals surface area contributed by atoms with Crippen molar-refractivity contribution >= 4 is 27.6 Å². The number of carboxylic acids is 1. The van der Waals surface area contributed by atoms with Crippen LogP contribution in [0, 0.1) is 11.8 Å². The van der Waals surface area contributed by atoms with E-state index in [4.69, 9.17) is 5.73 Å². The van der Waals surface area contributed by atoms with Crippen LogP contribution < -0.4 is 23.2 Å². The number of hydrazone groups is 1. The van der Waals surface area contributed by atoms with Gasteiger partial charge in [-0.3, -0.25) is 4.79 Å². The van der Waals surface area contributed by atoms with E-state index >= 15 is 0 Å². The van der Waals surface area contributed by atoms with E-state index in [-0.39, 0.29) is 35.1 Å². The lowest BCUT2D eigenvalue weighted by atomic mass is 9.78. The van der Waals surface area contributed by atoms with Crippen LogP contribution in [0.25, 0.3) is 0 Å². The molecule has 6 aliphatic rings. The van der Waals surface area contributed by atoms with Gasteiger partial charge in [-0.25, -0.2) is 0 Å². The maximum Gasteiger partial charge on any atom is 0.279 e. The molecule has 1 amide bonds. The van der Waals surface area contributed by atoms with Crippen molar-refractivity contribution < 1.29 is 49.6 Å². The van der Waals surface area contributed by atoms with Crippen molar-refractivity contribution in [2.24, 2.45) is 22.7 Å². The number of piperazine rings is 3. The number of quaternary nitrogens is 2. The number of halogens is 1. The number of carbonyl (C=O) groups is 2. The molecule has 44 heavy (non-hydrogen) atoms. The second-order valence-corrected chi connectivity index (χ2v) is 15.1. The summed E-state index contributed by atoms with van der Waals surface area (Å²) >= 11 is 0. The van der Waals surface area contributed by atoms with E-state index in [0.717, 1.165) is 45.3 Å². The minimum Gasteiger partial charge on any atom is -1.00 e. The topological polar surface area (TPSA) is 156 Å². The van der Waals surface area contributed by atoms with Gasteiger partial charge in [0.25, 0.3) is 10.0 Å². The number of hydrogen-bond acceptors (Lipinski definition) is 8. The average molecular weight is 651 g/mol. The van der Waals surface area contributed by atoms with E-state index < -0.39 is 45.9 Å². The first kappa shape index (κ1) is 32.8. The number of carbonyl (C=O) groups excluding carboxylic acids is 2. The zero-order valence-corrected chi connectivity index (χ0v) is 27.2. The van der Waals surface area contributed by atoms with Gasteiger partial charge in [-0.05, 0) is 43.7 Å². The van der Waals surface area contributed by atoms with Crippen LogP contribution in [-0.4, -0.2) is 127 Å². The molecule has 1 aromatic rings. The summed E-state index contributed by atoms with van der Waals surface area (Å²) in [6, 6.07) is 4.88. The van der Waals surface area contributed by atoms with Crippen LogP contribution in [0.1, 0.15) is 38.3 Å². The molecular formula is C30H43ClN6O6S. The third-order valence-electron chi connectivity index (χ3n) is 10.9. The molecule has 4 atom stereocenters. The molecule has 4 saturated heterocycles. The monoisotopic (exact) mass is 650 g/mol. The summed E-state index contributed by atoms with van der Waals surface area (Å²) in [6.45, 7) is 14.7. The van der Waals surface area contributed by atoms with Crippen molar-refractivity contribution in [3.05, 3.63) is 40.6 Å². The molecule has 3 N–H and O–H groups in total. The Kier molecular flexibility index (Phi) is 8.71. The van der Waals surface area contributed by atoms with E-state index in [1.165, 1.54) is 57.2 Å². The molecular weight excluding hydrogens is 608 g/mol. The van der Waals surface area contributed by atoms with Crippen molar-refractivity contribution in [1.82, 2.24) is 9.31 Å². The zero-order chi connectivity index (χ0) is 30.9. The zero-order valence-electron chi connectivity index (χ0n) is 25.6. The Balaban J connectivity index is 0.00000384. The van der Waals surface area contributed by atoms with Gasteiger partial charge in [-0.1, -0.05) is 13.0 Å². The van der Waals surface area contributed by atoms with Crippen molar-refractivity contribution in [2.45, 2.75) is 50.7 Å². The number of amides is 1. The number of rotatable bonds is 10. The van der Waals surface area contributed by atoms with Crippen LogP contribution in [0.3, 0.4) is 0 Å². The second-order valence-electron chi connectivity index (χ2n) is 13.3. The number of aliphatic carboxylic acids is 1. The van der Waals surface area contributed by atoms with Crippen molar-refractivity contribution in [3.8, 4) is 0 Å². The molecule has 4 fully saturated rings. The van der Waals surface area contributed by atoms with Crippen LogP contribution in [0.5, 0.6) is 0 Å². The molecule has 0 radical (unpaired) electrons. The summed E-state index contributed by atoms with van der Waals surface area (Å²) in [5.41, 5.74) is 7.87.